The second-order valence-corrected chi connectivity index (χ2v) is 4.97. The van der Waals surface area contributed by atoms with Gasteiger partial charge < -0.3 is 16.4 Å². The maximum atomic E-state index is 11.9. The number of carbonyl (C=O) groups excluding carboxylic acids is 2. The van der Waals surface area contributed by atoms with Gasteiger partial charge in [-0.3, -0.25) is 9.59 Å². The molecule has 2 amide bonds. The molecule has 0 spiro atoms. The van der Waals surface area contributed by atoms with E-state index in [0.717, 1.165) is 12.2 Å². The van der Waals surface area contributed by atoms with Crippen molar-refractivity contribution >= 4 is 23.6 Å². The Bertz CT molecular complexity index is 273. The van der Waals surface area contributed by atoms with Gasteiger partial charge in [-0.15, -0.1) is 0 Å². The van der Waals surface area contributed by atoms with Crippen molar-refractivity contribution in [2.24, 2.45) is 11.5 Å². The van der Waals surface area contributed by atoms with Crippen LogP contribution < -0.4 is 11.5 Å². The van der Waals surface area contributed by atoms with Crippen LogP contribution in [0.1, 0.15) is 19.3 Å². The third-order valence-corrected chi connectivity index (χ3v) is 3.46. The van der Waals surface area contributed by atoms with E-state index in [1.807, 2.05) is 6.26 Å². The zero-order chi connectivity index (χ0) is 12.1. The number of carbonyl (C=O) groups is 2. The Balaban J connectivity index is 2.55. The Hall–Kier alpha value is -0.750. The lowest BCUT2D eigenvalue weighted by Gasteiger charge is -2.25. The van der Waals surface area contributed by atoms with Crippen molar-refractivity contribution in [3.05, 3.63) is 0 Å². The second kappa shape index (κ2) is 6.10. The highest BCUT2D eigenvalue weighted by Gasteiger charge is 2.34. The maximum Gasteiger partial charge on any atom is 0.240 e. The van der Waals surface area contributed by atoms with Crippen LogP contribution in [0.5, 0.6) is 0 Å². The third kappa shape index (κ3) is 3.12. The van der Waals surface area contributed by atoms with E-state index < -0.39 is 18.0 Å². The van der Waals surface area contributed by atoms with Gasteiger partial charge in [0.2, 0.25) is 11.8 Å². The predicted octanol–water partition coefficient (Wildman–Crippen LogP) is -0.457. The average molecular weight is 245 g/mol. The number of amides is 2. The second-order valence-electron chi connectivity index (χ2n) is 3.98. The first-order valence-electron chi connectivity index (χ1n) is 5.42. The summed E-state index contributed by atoms with van der Waals surface area (Å²) < 4.78 is 0. The fourth-order valence-corrected chi connectivity index (χ4v) is 2.40. The molecule has 0 aliphatic carbocycles. The molecule has 0 saturated carbocycles. The molecule has 1 rings (SSSR count). The van der Waals surface area contributed by atoms with Crippen LogP contribution in [0.3, 0.4) is 0 Å². The molecule has 2 atom stereocenters. The van der Waals surface area contributed by atoms with Crippen LogP contribution in [0.25, 0.3) is 0 Å². The highest BCUT2D eigenvalue weighted by atomic mass is 32.2. The SMILES string of the molecule is CSCC[C@H](N)C(=O)N1CCC[C@H]1C(N)=O. The standard InChI is InChI=1S/C10H19N3O2S/c1-16-6-4-7(11)10(15)13-5-2-3-8(13)9(12)14/h7-8H,2-6,11H2,1H3,(H2,12,14)/t7-,8-/m0/s1. The Labute approximate surface area is 99.9 Å². The lowest BCUT2D eigenvalue weighted by Crippen LogP contribution is -2.50. The molecule has 0 aromatic carbocycles. The van der Waals surface area contributed by atoms with Crippen LogP contribution in [0.4, 0.5) is 0 Å². The van der Waals surface area contributed by atoms with Crippen molar-refractivity contribution in [2.45, 2.75) is 31.3 Å². The first-order chi connectivity index (χ1) is 7.57. The predicted molar refractivity (Wildman–Crippen MR) is 64.9 cm³/mol. The number of rotatable bonds is 5. The molecule has 0 aromatic rings. The summed E-state index contributed by atoms with van der Waals surface area (Å²) in [7, 11) is 0. The van der Waals surface area contributed by atoms with Gasteiger partial charge >= 0.3 is 0 Å². The fraction of sp³-hybridized carbons (Fsp3) is 0.800. The first-order valence-corrected chi connectivity index (χ1v) is 6.81. The van der Waals surface area contributed by atoms with Gasteiger partial charge in [-0.1, -0.05) is 0 Å². The van der Waals surface area contributed by atoms with E-state index in [-0.39, 0.29) is 5.91 Å². The smallest absolute Gasteiger partial charge is 0.240 e. The Kier molecular flexibility index (Phi) is 5.08. The van der Waals surface area contributed by atoms with Gasteiger partial charge in [0.15, 0.2) is 0 Å². The molecule has 0 bridgehead atoms. The van der Waals surface area contributed by atoms with Crippen LogP contribution in [0, 0.1) is 0 Å². The van der Waals surface area contributed by atoms with Gasteiger partial charge in [0, 0.05) is 6.54 Å². The molecule has 1 heterocycles. The van der Waals surface area contributed by atoms with Crippen LogP contribution in [-0.2, 0) is 9.59 Å². The summed E-state index contributed by atoms with van der Waals surface area (Å²) in [5, 5.41) is 0. The van der Waals surface area contributed by atoms with Crippen molar-refractivity contribution in [1.82, 2.24) is 4.90 Å². The summed E-state index contributed by atoms with van der Waals surface area (Å²) in [5.74, 6) is 0.278. The van der Waals surface area contributed by atoms with E-state index in [4.69, 9.17) is 11.5 Å². The minimum absolute atomic E-state index is 0.143. The summed E-state index contributed by atoms with van der Waals surface area (Å²) in [6, 6.07) is -0.958. The molecule has 0 aromatic heterocycles. The van der Waals surface area contributed by atoms with Gasteiger partial charge in [0.25, 0.3) is 0 Å². The maximum absolute atomic E-state index is 11.9. The van der Waals surface area contributed by atoms with Crippen LogP contribution >= 0.6 is 11.8 Å². The molecule has 16 heavy (non-hydrogen) atoms. The van der Waals surface area contributed by atoms with Gasteiger partial charge in [-0.2, -0.15) is 11.8 Å². The minimum Gasteiger partial charge on any atom is -0.368 e. The number of nitrogens with zero attached hydrogens (tertiary/aromatic N) is 1. The van der Waals surface area contributed by atoms with E-state index in [2.05, 4.69) is 0 Å². The highest BCUT2D eigenvalue weighted by molar-refractivity contribution is 7.98. The van der Waals surface area contributed by atoms with Crippen LogP contribution in [-0.4, -0.2) is 47.4 Å². The number of nitrogens with two attached hydrogens (primary N) is 2. The van der Waals surface area contributed by atoms with Crippen molar-refractivity contribution in [3.63, 3.8) is 0 Å². The largest absolute Gasteiger partial charge is 0.368 e. The van der Waals surface area contributed by atoms with Crippen molar-refractivity contribution in [1.29, 1.82) is 0 Å². The monoisotopic (exact) mass is 245 g/mol. The molecular weight excluding hydrogens is 226 g/mol. The molecule has 1 aliphatic rings. The first kappa shape index (κ1) is 13.3. The van der Waals surface area contributed by atoms with Gasteiger partial charge in [-0.25, -0.2) is 0 Å². The summed E-state index contributed by atoms with van der Waals surface area (Å²) in [5.41, 5.74) is 11.0. The number of thioether (sulfide) groups is 1. The zero-order valence-electron chi connectivity index (χ0n) is 9.52. The van der Waals surface area contributed by atoms with Gasteiger partial charge in [0.1, 0.15) is 6.04 Å². The number of hydrogen-bond donors (Lipinski definition) is 2. The topological polar surface area (TPSA) is 89.4 Å². The number of hydrogen-bond acceptors (Lipinski definition) is 4. The number of likely N-dealkylation sites (tertiary alicyclic amines) is 1. The minimum atomic E-state index is -0.507. The Morgan fingerprint density at radius 2 is 2.25 bits per heavy atom. The molecule has 92 valence electrons. The van der Waals surface area contributed by atoms with Crippen molar-refractivity contribution in [3.8, 4) is 0 Å². The lowest BCUT2D eigenvalue weighted by atomic mass is 10.1. The Morgan fingerprint density at radius 3 is 2.81 bits per heavy atom. The molecule has 5 nitrogen and oxygen atoms in total. The fourth-order valence-electron chi connectivity index (χ4n) is 1.91. The molecule has 4 N–H and O–H groups in total. The van der Waals surface area contributed by atoms with Crippen molar-refractivity contribution in [2.75, 3.05) is 18.6 Å². The summed E-state index contributed by atoms with van der Waals surface area (Å²) in [4.78, 5) is 24.6. The van der Waals surface area contributed by atoms with E-state index in [0.29, 0.717) is 19.4 Å². The molecule has 6 heteroatoms. The average Bonchev–Trinajstić information content (AvgIpc) is 2.73. The molecule has 0 unspecified atom stereocenters. The Morgan fingerprint density at radius 1 is 1.56 bits per heavy atom. The molecule has 1 saturated heterocycles. The molecular formula is C10H19N3O2S. The number of primary amides is 1. The lowest BCUT2D eigenvalue weighted by molar-refractivity contribution is -0.138. The zero-order valence-corrected chi connectivity index (χ0v) is 10.3. The van der Waals surface area contributed by atoms with Gasteiger partial charge in [0.05, 0.1) is 6.04 Å². The van der Waals surface area contributed by atoms with E-state index >= 15 is 0 Å². The van der Waals surface area contributed by atoms with Crippen LogP contribution in [0.2, 0.25) is 0 Å². The highest BCUT2D eigenvalue weighted by Crippen LogP contribution is 2.18. The van der Waals surface area contributed by atoms with Crippen LogP contribution in [0.15, 0.2) is 0 Å². The quantitative estimate of drug-likeness (QED) is 0.686. The summed E-state index contributed by atoms with van der Waals surface area (Å²) in [6.45, 7) is 0.597. The van der Waals surface area contributed by atoms with E-state index in [9.17, 15) is 9.59 Å². The summed E-state index contributed by atoms with van der Waals surface area (Å²) in [6.07, 6.45) is 4.10. The summed E-state index contributed by atoms with van der Waals surface area (Å²) >= 11 is 1.65. The van der Waals surface area contributed by atoms with Crippen molar-refractivity contribution < 1.29 is 9.59 Å². The third-order valence-electron chi connectivity index (χ3n) is 2.81. The van der Waals surface area contributed by atoms with Gasteiger partial charge in [-0.05, 0) is 31.3 Å². The molecule has 1 aliphatic heterocycles. The van der Waals surface area contributed by atoms with E-state index in [1.54, 1.807) is 11.8 Å². The molecule has 0 radical (unpaired) electrons. The van der Waals surface area contributed by atoms with E-state index in [1.165, 1.54) is 4.90 Å². The normalized spacial score (nSPS) is 22.1. The molecule has 1 fully saturated rings.